The number of pyridine rings is 1. The zero-order valence-corrected chi connectivity index (χ0v) is 29.3. The molecular weight excluding hydrogens is 648 g/mol. The van der Waals surface area contributed by atoms with Gasteiger partial charge in [-0.05, 0) is 69.7 Å². The van der Waals surface area contributed by atoms with Gasteiger partial charge >= 0.3 is 0 Å². The molecule has 16 heteroatoms. The van der Waals surface area contributed by atoms with E-state index in [1.807, 2.05) is 38.2 Å². The molecule has 0 N–H and O–H groups in total. The summed E-state index contributed by atoms with van der Waals surface area (Å²) in [4.78, 5) is 9.28. The summed E-state index contributed by atoms with van der Waals surface area (Å²) in [5, 5.41) is 30.5. The molecular formula is C33H41FN12O2S. The molecule has 8 rings (SSSR count). The van der Waals surface area contributed by atoms with Gasteiger partial charge in [0, 0.05) is 29.9 Å². The predicted octanol–water partition coefficient (Wildman–Crippen LogP) is 5.11. The van der Waals surface area contributed by atoms with E-state index < -0.39 is 0 Å². The summed E-state index contributed by atoms with van der Waals surface area (Å²) < 4.78 is 28.0. The first-order chi connectivity index (χ1) is 23.7. The number of hydrogen-bond donors (Lipinski definition) is 0. The molecule has 0 amide bonds. The van der Waals surface area contributed by atoms with Crippen molar-refractivity contribution in [1.29, 1.82) is 0 Å². The lowest BCUT2D eigenvalue weighted by Gasteiger charge is -2.38. The maximum atomic E-state index is 13.0. The number of aromatic nitrogens is 10. The number of ether oxygens (including phenoxy) is 2. The molecule has 49 heavy (non-hydrogen) atoms. The summed E-state index contributed by atoms with van der Waals surface area (Å²) >= 11 is 1.68. The largest absolute Gasteiger partial charge is 0.370 e. The molecule has 2 aliphatic rings. The SMILES string of the molecule is CC.C[C@@H]1CO[C@@H](c2nc(C(C)(C)C)cs2)CN1c1ccc2nnnn2c1.Fc1ccc(C2CN(c3ccc4nnnn4n3)CCO2)cc1. The van der Waals surface area contributed by atoms with Crippen LogP contribution in [0.1, 0.15) is 70.0 Å². The zero-order chi connectivity index (χ0) is 34.5. The van der Waals surface area contributed by atoms with Gasteiger partial charge in [-0.3, -0.25) is 0 Å². The monoisotopic (exact) mass is 688 g/mol. The number of tetrazole rings is 2. The van der Waals surface area contributed by atoms with Crippen molar-refractivity contribution in [1.82, 2.24) is 50.3 Å². The first-order valence-electron chi connectivity index (χ1n) is 16.4. The number of benzene rings is 1. The Bertz CT molecular complexity index is 1960. The van der Waals surface area contributed by atoms with E-state index in [0.717, 1.165) is 46.5 Å². The van der Waals surface area contributed by atoms with Crippen molar-refractivity contribution in [3.8, 4) is 0 Å². The lowest BCUT2D eigenvalue weighted by Crippen LogP contribution is -2.45. The van der Waals surface area contributed by atoms with Gasteiger partial charge in [-0.25, -0.2) is 9.37 Å². The Morgan fingerprint density at radius 1 is 0.878 bits per heavy atom. The maximum Gasteiger partial charge on any atom is 0.200 e. The summed E-state index contributed by atoms with van der Waals surface area (Å²) in [6.45, 7) is 16.1. The maximum absolute atomic E-state index is 13.0. The highest BCUT2D eigenvalue weighted by Gasteiger charge is 2.31. The fourth-order valence-electron chi connectivity index (χ4n) is 5.49. The standard InChI is InChI=1S/C17H22N6OS.C14H13FN6O.C2H6/c1-11-9-24-13(16-18-14(10-25-16)17(2,3)4)8-22(11)12-5-6-15-19-20-21-23(15)7-12;15-11-3-1-10(2-4-11)12-9-20(7-8-22-12)14-6-5-13-16-18-19-21(13)17-14;1-2/h5-7,10-11,13H,8-9H2,1-4H3;1-6,12H,7-9H2;1-2H3/t11-,13-;;/m1../s1. The number of nitrogens with zero attached hydrogens (tertiary/aromatic N) is 12. The Morgan fingerprint density at radius 3 is 2.41 bits per heavy atom. The first-order valence-corrected chi connectivity index (χ1v) is 17.3. The highest BCUT2D eigenvalue weighted by molar-refractivity contribution is 7.09. The summed E-state index contributed by atoms with van der Waals surface area (Å²) in [5.74, 6) is 0.539. The third kappa shape index (κ3) is 7.81. The van der Waals surface area contributed by atoms with Gasteiger partial charge < -0.3 is 19.3 Å². The van der Waals surface area contributed by atoms with Gasteiger partial charge in [-0.1, -0.05) is 46.8 Å². The van der Waals surface area contributed by atoms with Crippen LogP contribution in [0.15, 0.2) is 60.1 Å². The van der Waals surface area contributed by atoms with Crippen molar-refractivity contribution in [3.05, 3.63) is 82.2 Å². The van der Waals surface area contributed by atoms with E-state index >= 15 is 0 Å². The molecule has 6 aromatic rings. The molecule has 258 valence electrons. The molecule has 2 aliphatic heterocycles. The van der Waals surface area contributed by atoms with Crippen molar-refractivity contribution < 1.29 is 13.9 Å². The van der Waals surface area contributed by atoms with Gasteiger partial charge in [0.2, 0.25) is 0 Å². The van der Waals surface area contributed by atoms with Gasteiger partial charge in [0.15, 0.2) is 17.1 Å². The van der Waals surface area contributed by atoms with Crippen LogP contribution in [0.4, 0.5) is 15.9 Å². The van der Waals surface area contributed by atoms with Crippen LogP contribution >= 0.6 is 11.3 Å². The second kappa shape index (κ2) is 14.8. The summed E-state index contributed by atoms with van der Waals surface area (Å²) in [5.41, 5.74) is 4.57. The smallest absolute Gasteiger partial charge is 0.200 e. The number of thiazole rings is 1. The molecule has 0 radical (unpaired) electrons. The van der Waals surface area contributed by atoms with Crippen molar-refractivity contribution in [2.75, 3.05) is 42.6 Å². The minimum absolute atomic E-state index is 0.0122. The van der Waals surface area contributed by atoms with E-state index in [1.54, 1.807) is 28.0 Å². The minimum Gasteiger partial charge on any atom is -0.370 e. The molecule has 0 saturated carbocycles. The van der Waals surface area contributed by atoms with E-state index in [9.17, 15) is 4.39 Å². The van der Waals surface area contributed by atoms with E-state index in [4.69, 9.17) is 14.5 Å². The van der Waals surface area contributed by atoms with Crippen molar-refractivity contribution >= 4 is 34.1 Å². The Morgan fingerprint density at radius 2 is 1.63 bits per heavy atom. The van der Waals surface area contributed by atoms with Crippen molar-refractivity contribution in [2.24, 2.45) is 0 Å². The van der Waals surface area contributed by atoms with Crippen molar-refractivity contribution in [3.63, 3.8) is 0 Å². The molecule has 2 saturated heterocycles. The third-order valence-electron chi connectivity index (χ3n) is 8.19. The fraction of sp³-hybridized carbons (Fsp3) is 0.455. The molecule has 0 spiro atoms. The number of morpholine rings is 2. The topological polar surface area (TPSA) is 137 Å². The van der Waals surface area contributed by atoms with Crippen LogP contribution < -0.4 is 9.80 Å². The summed E-state index contributed by atoms with van der Waals surface area (Å²) in [6, 6.07) is 14.4. The van der Waals surface area contributed by atoms with Crippen LogP contribution in [0.25, 0.3) is 11.3 Å². The van der Waals surface area contributed by atoms with E-state index in [1.165, 1.54) is 16.8 Å². The highest BCUT2D eigenvalue weighted by Crippen LogP contribution is 2.33. The van der Waals surface area contributed by atoms with Crippen LogP contribution in [-0.2, 0) is 14.9 Å². The van der Waals surface area contributed by atoms with Gasteiger partial charge in [-0.2, -0.15) is 4.52 Å². The average Bonchev–Trinajstić information content (AvgIpc) is 3.91. The van der Waals surface area contributed by atoms with Gasteiger partial charge in [-0.15, -0.1) is 31.3 Å². The molecule has 0 aliphatic carbocycles. The van der Waals surface area contributed by atoms with E-state index in [2.05, 4.69) is 85.1 Å². The van der Waals surface area contributed by atoms with Gasteiger partial charge in [0.25, 0.3) is 0 Å². The number of rotatable bonds is 4. The van der Waals surface area contributed by atoms with Gasteiger partial charge in [0.1, 0.15) is 23.0 Å². The van der Waals surface area contributed by atoms with Crippen LogP contribution in [0.3, 0.4) is 0 Å². The lowest BCUT2D eigenvalue weighted by molar-refractivity contribution is 0.0212. The molecule has 5 aromatic heterocycles. The van der Waals surface area contributed by atoms with Crippen molar-refractivity contribution in [2.45, 2.75) is 65.2 Å². The lowest BCUT2D eigenvalue weighted by atomic mass is 9.93. The number of fused-ring (bicyclic) bond motifs is 2. The second-order valence-corrected chi connectivity index (χ2v) is 13.5. The number of halogens is 1. The molecule has 14 nitrogen and oxygen atoms in total. The Kier molecular flexibility index (Phi) is 10.4. The molecule has 1 aromatic carbocycles. The summed E-state index contributed by atoms with van der Waals surface area (Å²) in [7, 11) is 0. The predicted molar refractivity (Wildman–Crippen MR) is 184 cm³/mol. The average molecular weight is 689 g/mol. The molecule has 1 unspecified atom stereocenters. The Hall–Kier alpha value is -4.67. The molecule has 0 bridgehead atoms. The number of hydrogen-bond acceptors (Lipinski definition) is 13. The van der Waals surface area contributed by atoms with Gasteiger partial charge in [0.05, 0.1) is 37.3 Å². The fourth-order valence-corrected chi connectivity index (χ4v) is 6.58. The number of anilines is 2. The van der Waals surface area contributed by atoms with Crippen LogP contribution in [0.2, 0.25) is 0 Å². The normalized spacial score (nSPS) is 19.7. The summed E-state index contributed by atoms with van der Waals surface area (Å²) in [6.07, 6.45) is 1.85. The Labute approximate surface area is 287 Å². The van der Waals surface area contributed by atoms with E-state index in [0.29, 0.717) is 25.4 Å². The third-order valence-corrected chi connectivity index (χ3v) is 9.13. The van der Waals surface area contributed by atoms with E-state index in [-0.39, 0.29) is 29.5 Å². The van der Waals surface area contributed by atoms with Crippen LogP contribution in [0.5, 0.6) is 0 Å². The quantitative estimate of drug-likeness (QED) is 0.244. The second-order valence-electron chi connectivity index (χ2n) is 12.6. The zero-order valence-electron chi connectivity index (χ0n) is 28.5. The Balaban J connectivity index is 0.000000163. The molecule has 3 atom stereocenters. The first kappa shape index (κ1) is 34.2. The van der Waals surface area contributed by atoms with Crippen LogP contribution in [-0.4, -0.2) is 89.2 Å². The highest BCUT2D eigenvalue weighted by atomic mass is 32.1. The molecule has 7 heterocycles. The van der Waals surface area contributed by atoms with Crippen LogP contribution in [0, 0.1) is 5.82 Å². The minimum atomic E-state index is -0.248. The molecule has 2 fully saturated rings.